The van der Waals surface area contributed by atoms with E-state index >= 15 is 0 Å². The van der Waals surface area contributed by atoms with Gasteiger partial charge < -0.3 is 18.6 Å². The predicted octanol–water partition coefficient (Wildman–Crippen LogP) is 3.75. The van der Waals surface area contributed by atoms with Crippen LogP contribution in [0.15, 0.2) is 34.2 Å². The summed E-state index contributed by atoms with van der Waals surface area (Å²) in [6.07, 6.45) is 3.75. The zero-order valence-electron chi connectivity index (χ0n) is 19.5. The van der Waals surface area contributed by atoms with Gasteiger partial charge in [0.2, 0.25) is 5.82 Å². The van der Waals surface area contributed by atoms with E-state index in [9.17, 15) is 4.79 Å². The second-order valence-electron chi connectivity index (χ2n) is 9.10. The number of oxazole rings is 1. The van der Waals surface area contributed by atoms with Crippen molar-refractivity contribution in [3.8, 4) is 17.3 Å². The number of ether oxygens (including phenoxy) is 1. The molecule has 0 N–H and O–H groups in total. The lowest BCUT2D eigenvalue weighted by molar-refractivity contribution is 0.101. The van der Waals surface area contributed by atoms with Crippen LogP contribution in [0.1, 0.15) is 41.4 Å². The number of fused-ring (bicyclic) bond motifs is 1. The van der Waals surface area contributed by atoms with E-state index in [-0.39, 0.29) is 11.2 Å². The number of aryl methyl sites for hydroxylation is 1. The summed E-state index contributed by atoms with van der Waals surface area (Å²) in [5.74, 6) is 3.80. The second kappa shape index (κ2) is 8.61. The maximum Gasteiger partial charge on any atom is 0.202 e. The highest BCUT2D eigenvalue weighted by atomic mass is 32.2. The van der Waals surface area contributed by atoms with E-state index in [0.717, 1.165) is 42.7 Å². The highest BCUT2D eigenvalue weighted by molar-refractivity contribution is 7.99. The molecule has 0 amide bonds. The molecule has 33 heavy (non-hydrogen) atoms. The molecule has 3 aromatic rings. The van der Waals surface area contributed by atoms with Crippen LogP contribution < -0.4 is 4.74 Å². The van der Waals surface area contributed by atoms with Crippen LogP contribution in [-0.4, -0.2) is 62.9 Å². The second-order valence-corrected chi connectivity index (χ2v) is 10.2. The first kappa shape index (κ1) is 22.2. The third-order valence-corrected chi connectivity index (χ3v) is 8.11. The SMILES string of the molecule is COc1cc(C23CC2CN(CCCSc2nnc(-c4ocnc4C)n2C)C3)ccc1C(C)=O. The van der Waals surface area contributed by atoms with E-state index in [2.05, 4.69) is 32.2 Å². The first-order valence-electron chi connectivity index (χ1n) is 11.3. The number of Topliss-reactive ketones (excluding diaryl/α,β-unsaturated/α-hetero) is 1. The number of thioether (sulfide) groups is 1. The number of aromatic nitrogens is 4. The number of carbonyl (C=O) groups excluding carboxylic acids is 1. The molecule has 1 saturated carbocycles. The smallest absolute Gasteiger partial charge is 0.202 e. The molecule has 2 atom stereocenters. The van der Waals surface area contributed by atoms with Crippen molar-refractivity contribution >= 4 is 17.5 Å². The Balaban J connectivity index is 1.15. The molecule has 0 radical (unpaired) electrons. The van der Waals surface area contributed by atoms with Crippen molar-refractivity contribution in [2.75, 3.05) is 32.5 Å². The van der Waals surface area contributed by atoms with Gasteiger partial charge in [-0.25, -0.2) is 4.98 Å². The normalized spacial score (nSPS) is 21.9. The first-order valence-corrected chi connectivity index (χ1v) is 12.3. The minimum absolute atomic E-state index is 0.0415. The van der Waals surface area contributed by atoms with Crippen molar-refractivity contribution in [2.45, 2.75) is 37.3 Å². The van der Waals surface area contributed by atoms with Gasteiger partial charge in [0.1, 0.15) is 5.75 Å². The van der Waals surface area contributed by atoms with Crippen molar-refractivity contribution in [1.29, 1.82) is 0 Å². The van der Waals surface area contributed by atoms with E-state index in [1.165, 1.54) is 18.4 Å². The molecule has 5 rings (SSSR count). The molecule has 3 heterocycles. The van der Waals surface area contributed by atoms with Crippen molar-refractivity contribution in [1.82, 2.24) is 24.6 Å². The molecule has 0 spiro atoms. The average molecular weight is 468 g/mol. The average Bonchev–Trinajstić information content (AvgIpc) is 3.10. The van der Waals surface area contributed by atoms with E-state index in [4.69, 9.17) is 9.15 Å². The molecule has 0 bridgehead atoms. The topological polar surface area (TPSA) is 86.3 Å². The molecule has 8 nitrogen and oxygen atoms in total. The van der Waals surface area contributed by atoms with Crippen LogP contribution in [0.3, 0.4) is 0 Å². The monoisotopic (exact) mass is 467 g/mol. The molecule has 2 aromatic heterocycles. The van der Waals surface area contributed by atoms with Gasteiger partial charge in [0, 0.05) is 31.3 Å². The van der Waals surface area contributed by atoms with Crippen LogP contribution in [0, 0.1) is 12.8 Å². The Kier molecular flexibility index (Phi) is 5.78. The van der Waals surface area contributed by atoms with Crippen molar-refractivity contribution < 1.29 is 13.9 Å². The summed E-state index contributed by atoms with van der Waals surface area (Å²) in [6.45, 7) is 6.77. The Bertz CT molecular complexity index is 1190. The molecule has 2 unspecified atom stereocenters. The standard InChI is InChI=1S/C24H29N5O3S/c1-15-21(32-14-25-15)22-26-27-23(28(22)3)33-9-5-8-29-12-18-11-24(18,13-29)17-6-7-19(16(2)30)20(10-17)31-4/h6-7,10,14,18H,5,8-9,11-13H2,1-4H3. The Morgan fingerprint density at radius 2 is 2.21 bits per heavy atom. The molecule has 1 aliphatic carbocycles. The van der Waals surface area contributed by atoms with Gasteiger partial charge in [-0.1, -0.05) is 17.8 Å². The zero-order chi connectivity index (χ0) is 23.2. The molecular formula is C24H29N5O3S. The highest BCUT2D eigenvalue weighted by Crippen LogP contribution is 2.59. The lowest BCUT2D eigenvalue weighted by atomic mass is 9.93. The van der Waals surface area contributed by atoms with Crippen LogP contribution in [-0.2, 0) is 12.5 Å². The van der Waals surface area contributed by atoms with Crippen LogP contribution >= 0.6 is 11.8 Å². The fourth-order valence-corrected chi connectivity index (χ4v) is 5.94. The van der Waals surface area contributed by atoms with Crippen LogP contribution in [0.2, 0.25) is 0 Å². The zero-order valence-corrected chi connectivity index (χ0v) is 20.3. The molecule has 174 valence electrons. The third kappa shape index (κ3) is 3.97. The van der Waals surface area contributed by atoms with Gasteiger partial charge >= 0.3 is 0 Å². The number of rotatable bonds is 9. The number of ketones is 1. The van der Waals surface area contributed by atoms with Crippen molar-refractivity contribution in [3.05, 3.63) is 41.4 Å². The summed E-state index contributed by atoms with van der Waals surface area (Å²) >= 11 is 1.72. The summed E-state index contributed by atoms with van der Waals surface area (Å²) in [5.41, 5.74) is 3.01. The van der Waals surface area contributed by atoms with Crippen LogP contribution in [0.4, 0.5) is 0 Å². The maximum atomic E-state index is 11.8. The largest absolute Gasteiger partial charge is 0.496 e. The Morgan fingerprint density at radius 1 is 1.36 bits per heavy atom. The summed E-state index contributed by atoms with van der Waals surface area (Å²) < 4.78 is 12.9. The number of benzene rings is 1. The number of methoxy groups -OCH3 is 1. The molecular weight excluding hydrogens is 438 g/mol. The molecule has 2 aliphatic rings. The molecule has 1 saturated heterocycles. The number of nitrogens with zero attached hydrogens (tertiary/aromatic N) is 5. The van der Waals surface area contributed by atoms with E-state index < -0.39 is 0 Å². The minimum Gasteiger partial charge on any atom is -0.496 e. The Labute approximate surface area is 197 Å². The summed E-state index contributed by atoms with van der Waals surface area (Å²) in [4.78, 5) is 18.5. The lowest BCUT2D eigenvalue weighted by Crippen LogP contribution is -2.28. The number of carbonyl (C=O) groups is 1. The van der Waals surface area contributed by atoms with E-state index in [1.54, 1.807) is 25.8 Å². The molecule has 1 aliphatic heterocycles. The molecule has 1 aromatic carbocycles. The number of hydrogen-bond donors (Lipinski definition) is 0. The molecule has 9 heteroatoms. The van der Waals surface area contributed by atoms with Gasteiger partial charge in [-0.2, -0.15) is 0 Å². The number of likely N-dealkylation sites (tertiary alicyclic amines) is 1. The van der Waals surface area contributed by atoms with Gasteiger partial charge in [0.05, 0.1) is 18.4 Å². The van der Waals surface area contributed by atoms with E-state index in [0.29, 0.717) is 28.8 Å². The van der Waals surface area contributed by atoms with Gasteiger partial charge in [-0.05, 0) is 56.8 Å². The fourth-order valence-electron chi connectivity index (χ4n) is 5.10. The number of hydrogen-bond acceptors (Lipinski definition) is 8. The maximum absolute atomic E-state index is 11.8. The number of piperidine rings is 1. The predicted molar refractivity (Wildman–Crippen MR) is 126 cm³/mol. The van der Waals surface area contributed by atoms with E-state index in [1.807, 2.05) is 24.6 Å². The Hall–Kier alpha value is -2.65. The van der Waals surface area contributed by atoms with Crippen molar-refractivity contribution in [2.24, 2.45) is 13.0 Å². The first-order chi connectivity index (χ1) is 15.9. The summed E-state index contributed by atoms with van der Waals surface area (Å²) in [7, 11) is 3.60. The van der Waals surface area contributed by atoms with Crippen LogP contribution in [0.25, 0.3) is 11.6 Å². The molecule has 2 fully saturated rings. The van der Waals surface area contributed by atoms with Gasteiger partial charge in [-0.3, -0.25) is 4.79 Å². The quantitative estimate of drug-likeness (QED) is 0.267. The van der Waals surface area contributed by atoms with Gasteiger partial charge in [0.25, 0.3) is 0 Å². The summed E-state index contributed by atoms with van der Waals surface area (Å²) in [6, 6.07) is 6.13. The Morgan fingerprint density at radius 3 is 2.94 bits per heavy atom. The van der Waals surface area contributed by atoms with Gasteiger partial charge in [0.15, 0.2) is 23.1 Å². The van der Waals surface area contributed by atoms with Crippen molar-refractivity contribution in [3.63, 3.8) is 0 Å². The van der Waals surface area contributed by atoms with Gasteiger partial charge in [-0.15, -0.1) is 10.2 Å². The third-order valence-electron chi connectivity index (χ3n) is 7.01. The lowest BCUT2D eigenvalue weighted by Gasteiger charge is -2.21. The fraction of sp³-hybridized carbons (Fsp3) is 0.500. The highest BCUT2D eigenvalue weighted by Gasteiger charge is 2.60. The summed E-state index contributed by atoms with van der Waals surface area (Å²) in [5, 5.41) is 9.50. The minimum atomic E-state index is 0.0415. The van der Waals surface area contributed by atoms with Crippen LogP contribution in [0.5, 0.6) is 5.75 Å².